The first-order valence-corrected chi connectivity index (χ1v) is 9.02. The molecule has 3 rings (SSSR count). The van der Waals surface area contributed by atoms with E-state index in [2.05, 4.69) is 10.6 Å². The maximum absolute atomic E-state index is 12.8. The lowest BCUT2D eigenvalue weighted by Gasteiger charge is -2.40. The molecule has 0 bridgehead atoms. The van der Waals surface area contributed by atoms with Crippen molar-refractivity contribution in [2.75, 3.05) is 52.1 Å². The van der Waals surface area contributed by atoms with E-state index in [0.717, 1.165) is 44.7 Å². The highest BCUT2D eigenvalue weighted by Crippen LogP contribution is 2.35. The SMILES string of the molecule is CN(C)CC(=O)Nc1ccc(C(=O)N2CCCC3(CCNC3)C2)cc1.Cl.Cl. The number of carbonyl (C=O) groups is 2. The van der Waals surface area contributed by atoms with Crippen LogP contribution in [-0.4, -0.2) is 68.4 Å². The number of likely N-dealkylation sites (tertiary alicyclic amines) is 1. The van der Waals surface area contributed by atoms with Gasteiger partial charge in [0.25, 0.3) is 5.91 Å². The normalized spacial score (nSPS) is 21.5. The van der Waals surface area contributed by atoms with Crippen molar-refractivity contribution in [2.24, 2.45) is 5.41 Å². The summed E-state index contributed by atoms with van der Waals surface area (Å²) in [5.41, 5.74) is 1.68. The Balaban J connectivity index is 0.00000182. The summed E-state index contributed by atoms with van der Waals surface area (Å²) >= 11 is 0. The van der Waals surface area contributed by atoms with E-state index in [-0.39, 0.29) is 42.0 Å². The zero-order valence-corrected chi connectivity index (χ0v) is 17.6. The fourth-order valence-corrected chi connectivity index (χ4v) is 3.89. The van der Waals surface area contributed by atoms with E-state index in [0.29, 0.717) is 12.1 Å². The van der Waals surface area contributed by atoms with Gasteiger partial charge in [-0.2, -0.15) is 0 Å². The lowest BCUT2D eigenvalue weighted by atomic mass is 9.79. The van der Waals surface area contributed by atoms with Crippen molar-refractivity contribution in [3.63, 3.8) is 0 Å². The van der Waals surface area contributed by atoms with E-state index < -0.39 is 0 Å². The van der Waals surface area contributed by atoms with Crippen molar-refractivity contribution in [3.8, 4) is 0 Å². The van der Waals surface area contributed by atoms with Gasteiger partial charge < -0.3 is 20.4 Å². The molecule has 2 N–H and O–H groups in total. The zero-order chi connectivity index (χ0) is 17.9. The number of carbonyl (C=O) groups excluding carboxylic acids is 2. The Hall–Kier alpha value is -1.34. The quantitative estimate of drug-likeness (QED) is 0.789. The number of halogens is 2. The molecule has 2 fully saturated rings. The smallest absolute Gasteiger partial charge is 0.253 e. The van der Waals surface area contributed by atoms with Crippen molar-refractivity contribution in [1.29, 1.82) is 0 Å². The molecule has 2 amide bonds. The zero-order valence-electron chi connectivity index (χ0n) is 16.0. The van der Waals surface area contributed by atoms with Crippen molar-refractivity contribution >= 4 is 42.3 Å². The van der Waals surface area contributed by atoms with Crippen LogP contribution >= 0.6 is 24.8 Å². The van der Waals surface area contributed by atoms with Crippen LogP contribution in [0.1, 0.15) is 29.6 Å². The summed E-state index contributed by atoms with van der Waals surface area (Å²) in [6.07, 6.45) is 3.44. The molecule has 1 aromatic carbocycles. The highest BCUT2D eigenvalue weighted by molar-refractivity contribution is 5.96. The number of likely N-dealkylation sites (N-methyl/N-ethyl adjacent to an activating group) is 1. The largest absolute Gasteiger partial charge is 0.338 e. The van der Waals surface area contributed by atoms with E-state index in [1.807, 2.05) is 36.0 Å². The number of hydrogen-bond acceptors (Lipinski definition) is 4. The summed E-state index contributed by atoms with van der Waals surface area (Å²) in [5, 5.41) is 6.28. The van der Waals surface area contributed by atoms with E-state index in [4.69, 9.17) is 0 Å². The summed E-state index contributed by atoms with van der Waals surface area (Å²) in [6.45, 7) is 4.10. The van der Waals surface area contributed by atoms with Crippen molar-refractivity contribution < 1.29 is 9.59 Å². The highest BCUT2D eigenvalue weighted by atomic mass is 35.5. The summed E-state index contributed by atoms with van der Waals surface area (Å²) in [7, 11) is 3.71. The maximum Gasteiger partial charge on any atom is 0.253 e. The molecular formula is C19H30Cl2N4O2. The first kappa shape index (κ1) is 23.7. The van der Waals surface area contributed by atoms with Gasteiger partial charge in [0.2, 0.25) is 5.91 Å². The van der Waals surface area contributed by atoms with Crippen LogP contribution in [0.4, 0.5) is 5.69 Å². The van der Waals surface area contributed by atoms with Crippen LogP contribution in [0, 0.1) is 5.41 Å². The van der Waals surface area contributed by atoms with Crippen molar-refractivity contribution in [3.05, 3.63) is 29.8 Å². The molecule has 2 aliphatic rings. The number of rotatable bonds is 4. The van der Waals surface area contributed by atoms with Crippen molar-refractivity contribution in [2.45, 2.75) is 19.3 Å². The average Bonchev–Trinajstić information content (AvgIpc) is 3.02. The van der Waals surface area contributed by atoms with Gasteiger partial charge in [0.1, 0.15) is 0 Å². The number of nitrogens with one attached hydrogen (secondary N) is 2. The van der Waals surface area contributed by atoms with Crippen LogP contribution in [0.2, 0.25) is 0 Å². The van der Waals surface area contributed by atoms with Crippen molar-refractivity contribution in [1.82, 2.24) is 15.1 Å². The molecule has 8 heteroatoms. The molecular weight excluding hydrogens is 387 g/mol. The monoisotopic (exact) mass is 416 g/mol. The number of nitrogens with zero attached hydrogens (tertiary/aromatic N) is 2. The Morgan fingerprint density at radius 2 is 1.89 bits per heavy atom. The molecule has 1 aromatic rings. The van der Waals surface area contributed by atoms with E-state index in [9.17, 15) is 9.59 Å². The Bertz CT molecular complexity index is 631. The van der Waals surface area contributed by atoms with Gasteiger partial charge in [-0.3, -0.25) is 9.59 Å². The van der Waals surface area contributed by atoms with Gasteiger partial charge in [0.05, 0.1) is 6.54 Å². The summed E-state index contributed by atoms with van der Waals surface area (Å²) in [4.78, 5) is 28.4. The number of hydrogen-bond donors (Lipinski definition) is 2. The lowest BCUT2D eigenvalue weighted by molar-refractivity contribution is -0.116. The van der Waals surface area contributed by atoms with Gasteiger partial charge in [-0.25, -0.2) is 0 Å². The van der Waals surface area contributed by atoms with E-state index >= 15 is 0 Å². The first-order valence-electron chi connectivity index (χ1n) is 9.02. The summed E-state index contributed by atoms with van der Waals surface area (Å²) < 4.78 is 0. The second-order valence-electron chi connectivity index (χ2n) is 7.62. The second-order valence-corrected chi connectivity index (χ2v) is 7.62. The third-order valence-corrected chi connectivity index (χ3v) is 5.16. The third kappa shape index (κ3) is 6.07. The molecule has 0 radical (unpaired) electrons. The summed E-state index contributed by atoms with van der Waals surface area (Å²) in [6, 6.07) is 7.22. The van der Waals surface area contributed by atoms with Crippen LogP contribution in [0.3, 0.4) is 0 Å². The van der Waals surface area contributed by atoms with E-state index in [1.165, 1.54) is 6.42 Å². The van der Waals surface area contributed by atoms with Crippen LogP contribution in [0.5, 0.6) is 0 Å². The Kier molecular flexibility index (Phi) is 9.02. The molecule has 0 aliphatic carbocycles. The first-order chi connectivity index (χ1) is 12.0. The predicted octanol–water partition coefficient (Wildman–Crippen LogP) is 2.25. The minimum absolute atomic E-state index is 0. The molecule has 2 heterocycles. The number of piperidine rings is 1. The Morgan fingerprint density at radius 1 is 1.19 bits per heavy atom. The minimum Gasteiger partial charge on any atom is -0.338 e. The molecule has 0 saturated carbocycles. The number of benzene rings is 1. The molecule has 0 aromatic heterocycles. The lowest BCUT2D eigenvalue weighted by Crippen LogP contribution is -2.47. The van der Waals surface area contributed by atoms with Gasteiger partial charge in [0.15, 0.2) is 0 Å². The molecule has 152 valence electrons. The minimum atomic E-state index is -0.0595. The predicted molar refractivity (Wildman–Crippen MR) is 113 cm³/mol. The molecule has 2 saturated heterocycles. The van der Waals surface area contributed by atoms with Gasteiger partial charge in [-0.15, -0.1) is 24.8 Å². The van der Waals surface area contributed by atoms with Gasteiger partial charge in [-0.05, 0) is 64.2 Å². The molecule has 6 nitrogen and oxygen atoms in total. The molecule has 2 aliphatic heterocycles. The fourth-order valence-electron chi connectivity index (χ4n) is 3.89. The van der Waals surface area contributed by atoms with Crippen LogP contribution in [0.15, 0.2) is 24.3 Å². The van der Waals surface area contributed by atoms with E-state index in [1.54, 1.807) is 12.1 Å². The fraction of sp³-hybridized carbons (Fsp3) is 0.579. The molecule has 1 spiro atoms. The standard InChI is InChI=1S/C19H28N4O2.2ClH/c1-22(2)12-17(24)21-16-6-4-15(5-7-16)18(25)23-11-3-8-19(14-23)9-10-20-13-19;;/h4-7,20H,3,8-14H2,1-2H3,(H,21,24);2*1H. The Morgan fingerprint density at radius 3 is 2.48 bits per heavy atom. The molecule has 27 heavy (non-hydrogen) atoms. The number of amides is 2. The van der Waals surface area contributed by atoms with Crippen LogP contribution in [-0.2, 0) is 4.79 Å². The highest BCUT2D eigenvalue weighted by Gasteiger charge is 2.39. The Labute approximate surface area is 173 Å². The van der Waals surface area contributed by atoms with Gasteiger partial charge >= 0.3 is 0 Å². The second kappa shape index (κ2) is 10.3. The maximum atomic E-state index is 12.8. The number of anilines is 1. The van der Waals surface area contributed by atoms with Crippen LogP contribution in [0.25, 0.3) is 0 Å². The molecule has 1 unspecified atom stereocenters. The third-order valence-electron chi connectivity index (χ3n) is 5.16. The van der Waals surface area contributed by atoms with Gasteiger partial charge in [-0.1, -0.05) is 0 Å². The summed E-state index contributed by atoms with van der Waals surface area (Å²) in [5.74, 6) is 0.0351. The average molecular weight is 417 g/mol. The van der Waals surface area contributed by atoms with Crippen LogP contribution < -0.4 is 10.6 Å². The molecule has 1 atom stereocenters. The van der Waals surface area contributed by atoms with Gasteiger partial charge in [0, 0.05) is 36.3 Å². The topological polar surface area (TPSA) is 64.7 Å².